The van der Waals surface area contributed by atoms with Gasteiger partial charge in [0, 0.05) is 10.7 Å². The van der Waals surface area contributed by atoms with Crippen LogP contribution in [0.1, 0.15) is 12.5 Å². The predicted octanol–water partition coefficient (Wildman–Crippen LogP) is 4.47. The molecule has 5 nitrogen and oxygen atoms in total. The molecule has 0 bridgehead atoms. The van der Waals surface area contributed by atoms with E-state index in [1.807, 2.05) is 12.1 Å². The fourth-order valence-electron chi connectivity index (χ4n) is 2.88. The second-order valence-electron chi connectivity index (χ2n) is 6.10. The number of anilines is 1. The number of hydrogen-bond donors (Lipinski definition) is 0. The van der Waals surface area contributed by atoms with Crippen LogP contribution < -0.4 is 4.90 Å². The van der Waals surface area contributed by atoms with E-state index in [9.17, 15) is 19.2 Å². The number of halogens is 2. The highest BCUT2D eigenvalue weighted by Gasteiger charge is 2.41. The molecule has 8 heteroatoms. The standard InChI is InChI=1S/C21H16ClFN2O3S/c1-2-28-21(27)17(12-24)20-25(16-8-6-15(23)7-9-16)19(26)18(29-20)11-13-4-3-5-14(22)10-13/h3-10,18H,2,11H2,1H3/b20-17-/t18-/m1/s1. The first-order valence-corrected chi connectivity index (χ1v) is 10.0. The number of nitrogens with zero attached hydrogens (tertiary/aromatic N) is 2. The zero-order chi connectivity index (χ0) is 21.0. The summed E-state index contributed by atoms with van der Waals surface area (Å²) in [4.78, 5) is 26.7. The average Bonchev–Trinajstić information content (AvgIpc) is 2.99. The van der Waals surface area contributed by atoms with Crippen LogP contribution in [0.2, 0.25) is 5.02 Å². The van der Waals surface area contributed by atoms with Crippen LogP contribution >= 0.6 is 23.4 Å². The Morgan fingerprint density at radius 1 is 1.31 bits per heavy atom. The Hall–Kier alpha value is -2.82. The van der Waals surface area contributed by atoms with Gasteiger partial charge in [0.1, 0.15) is 16.9 Å². The smallest absolute Gasteiger partial charge is 0.351 e. The summed E-state index contributed by atoms with van der Waals surface area (Å²) in [5.74, 6) is -1.57. The first kappa shape index (κ1) is 20.9. The molecule has 2 aromatic rings. The summed E-state index contributed by atoms with van der Waals surface area (Å²) in [5, 5.41) is 9.70. The van der Waals surface area contributed by atoms with Crippen molar-refractivity contribution in [1.82, 2.24) is 0 Å². The number of carbonyl (C=O) groups excluding carboxylic acids is 2. The minimum atomic E-state index is -0.805. The Morgan fingerprint density at radius 2 is 2.03 bits per heavy atom. The third-order valence-corrected chi connectivity index (χ3v) is 5.65. The molecule has 0 aliphatic carbocycles. The van der Waals surface area contributed by atoms with E-state index in [1.54, 1.807) is 25.1 Å². The SMILES string of the molecule is CCOC(=O)/C(C#N)=C1\S[C@H](Cc2cccc(Cl)c2)C(=O)N1c1ccc(F)cc1. The van der Waals surface area contributed by atoms with Gasteiger partial charge in [-0.15, -0.1) is 0 Å². The molecule has 0 unspecified atom stereocenters. The molecule has 1 heterocycles. The Labute approximate surface area is 176 Å². The minimum absolute atomic E-state index is 0.0956. The molecule has 0 spiro atoms. The van der Waals surface area contributed by atoms with Crippen molar-refractivity contribution < 1.29 is 18.7 Å². The monoisotopic (exact) mass is 430 g/mol. The summed E-state index contributed by atoms with van der Waals surface area (Å²) < 4.78 is 18.3. The fourth-order valence-corrected chi connectivity index (χ4v) is 4.39. The summed E-state index contributed by atoms with van der Waals surface area (Å²) in [6, 6.07) is 14.3. The molecular formula is C21H16ClFN2O3S. The Kier molecular flexibility index (Phi) is 6.57. The van der Waals surface area contributed by atoms with Gasteiger partial charge in [-0.25, -0.2) is 9.18 Å². The van der Waals surface area contributed by atoms with Crippen LogP contribution in [0.3, 0.4) is 0 Å². The van der Waals surface area contributed by atoms with E-state index in [4.69, 9.17) is 16.3 Å². The van der Waals surface area contributed by atoms with Crippen molar-refractivity contribution in [2.45, 2.75) is 18.6 Å². The number of rotatable bonds is 5. The lowest BCUT2D eigenvalue weighted by molar-refractivity contribution is -0.138. The molecule has 3 rings (SSSR count). The quantitative estimate of drug-likeness (QED) is 0.397. The van der Waals surface area contributed by atoms with Gasteiger partial charge in [0.05, 0.1) is 11.9 Å². The first-order valence-electron chi connectivity index (χ1n) is 8.76. The number of benzene rings is 2. The van der Waals surface area contributed by atoms with Crippen LogP contribution in [0.4, 0.5) is 10.1 Å². The number of ether oxygens (including phenoxy) is 1. The molecule has 2 aromatic carbocycles. The summed E-state index contributed by atoms with van der Waals surface area (Å²) in [5.41, 5.74) is 0.950. The fraction of sp³-hybridized carbons (Fsp3) is 0.190. The molecule has 0 aromatic heterocycles. The van der Waals surface area contributed by atoms with Gasteiger partial charge in [0.25, 0.3) is 0 Å². The van der Waals surface area contributed by atoms with Crippen molar-refractivity contribution in [3.05, 3.63) is 75.5 Å². The zero-order valence-electron chi connectivity index (χ0n) is 15.4. The van der Waals surface area contributed by atoms with Gasteiger partial charge in [0.15, 0.2) is 5.57 Å². The number of nitriles is 1. The van der Waals surface area contributed by atoms with Gasteiger partial charge in [-0.1, -0.05) is 35.5 Å². The van der Waals surface area contributed by atoms with Crippen molar-refractivity contribution in [3.8, 4) is 6.07 Å². The number of amides is 1. The molecule has 1 aliphatic rings. The Balaban J connectivity index is 2.03. The van der Waals surface area contributed by atoms with Crippen molar-refractivity contribution in [2.24, 2.45) is 0 Å². The number of hydrogen-bond acceptors (Lipinski definition) is 5. The molecule has 1 saturated heterocycles. The predicted molar refractivity (Wildman–Crippen MR) is 110 cm³/mol. The molecule has 1 amide bonds. The van der Waals surface area contributed by atoms with Gasteiger partial charge in [-0.05, 0) is 55.3 Å². The molecule has 0 N–H and O–H groups in total. The van der Waals surface area contributed by atoms with Crippen LogP contribution in [0, 0.1) is 17.1 Å². The third kappa shape index (κ3) is 4.61. The maximum atomic E-state index is 13.4. The highest BCUT2D eigenvalue weighted by molar-refractivity contribution is 8.05. The summed E-state index contributed by atoms with van der Waals surface area (Å²) in [7, 11) is 0. The maximum absolute atomic E-state index is 13.4. The number of esters is 1. The molecule has 0 radical (unpaired) electrons. The van der Waals surface area contributed by atoms with E-state index >= 15 is 0 Å². The highest BCUT2D eigenvalue weighted by Crippen LogP contribution is 2.42. The lowest BCUT2D eigenvalue weighted by atomic mass is 10.1. The van der Waals surface area contributed by atoms with Gasteiger partial charge in [-0.2, -0.15) is 5.26 Å². The van der Waals surface area contributed by atoms with Gasteiger partial charge in [0.2, 0.25) is 5.91 Å². The van der Waals surface area contributed by atoms with Crippen molar-refractivity contribution in [1.29, 1.82) is 5.26 Å². The van der Waals surface area contributed by atoms with Crippen LogP contribution in [0.15, 0.2) is 59.1 Å². The molecule has 0 saturated carbocycles. The molecular weight excluding hydrogens is 415 g/mol. The van der Waals surface area contributed by atoms with Gasteiger partial charge >= 0.3 is 5.97 Å². The maximum Gasteiger partial charge on any atom is 0.351 e. The van der Waals surface area contributed by atoms with E-state index in [0.717, 1.165) is 17.3 Å². The third-order valence-electron chi connectivity index (χ3n) is 4.15. The zero-order valence-corrected chi connectivity index (χ0v) is 17.0. The summed E-state index contributed by atoms with van der Waals surface area (Å²) >= 11 is 7.14. The lowest BCUT2D eigenvalue weighted by Gasteiger charge is -2.18. The Bertz CT molecular complexity index is 1020. The van der Waals surface area contributed by atoms with Crippen LogP contribution in [-0.2, 0) is 20.7 Å². The summed E-state index contributed by atoms with van der Waals surface area (Å²) in [6.45, 7) is 1.72. The van der Waals surface area contributed by atoms with E-state index in [2.05, 4.69) is 0 Å². The average molecular weight is 431 g/mol. The number of carbonyl (C=O) groups is 2. The van der Waals surface area contributed by atoms with Crippen LogP contribution in [0.5, 0.6) is 0 Å². The largest absolute Gasteiger partial charge is 0.462 e. The molecule has 1 fully saturated rings. The summed E-state index contributed by atoms with van der Waals surface area (Å²) in [6.07, 6.45) is 0.354. The molecule has 1 atom stereocenters. The van der Waals surface area contributed by atoms with Crippen molar-refractivity contribution in [3.63, 3.8) is 0 Å². The van der Waals surface area contributed by atoms with Gasteiger partial charge in [-0.3, -0.25) is 9.69 Å². The van der Waals surface area contributed by atoms with Crippen molar-refractivity contribution in [2.75, 3.05) is 11.5 Å². The minimum Gasteiger partial charge on any atom is -0.462 e. The van der Waals surface area contributed by atoms with Crippen LogP contribution in [0.25, 0.3) is 0 Å². The van der Waals surface area contributed by atoms with Gasteiger partial charge < -0.3 is 4.74 Å². The van der Waals surface area contributed by atoms with E-state index in [1.165, 1.54) is 29.2 Å². The highest BCUT2D eigenvalue weighted by atomic mass is 35.5. The number of thioether (sulfide) groups is 1. The topological polar surface area (TPSA) is 70.4 Å². The molecule has 148 valence electrons. The van der Waals surface area contributed by atoms with E-state index in [0.29, 0.717) is 17.1 Å². The van der Waals surface area contributed by atoms with Crippen LogP contribution in [-0.4, -0.2) is 23.7 Å². The second kappa shape index (κ2) is 9.12. The normalized spacial score (nSPS) is 17.8. The Morgan fingerprint density at radius 3 is 2.66 bits per heavy atom. The first-order chi connectivity index (χ1) is 13.9. The second-order valence-corrected chi connectivity index (χ2v) is 7.73. The molecule has 1 aliphatic heterocycles. The molecule has 29 heavy (non-hydrogen) atoms. The van der Waals surface area contributed by atoms with Crippen molar-refractivity contribution >= 4 is 40.9 Å². The van der Waals surface area contributed by atoms with E-state index in [-0.39, 0.29) is 23.1 Å². The van der Waals surface area contributed by atoms with E-state index < -0.39 is 17.0 Å². The lowest BCUT2D eigenvalue weighted by Crippen LogP contribution is -2.30.